The topological polar surface area (TPSA) is 60.5 Å². The van der Waals surface area contributed by atoms with Crippen molar-refractivity contribution in [3.05, 3.63) is 51.3 Å². The third-order valence-electron chi connectivity index (χ3n) is 4.32. The summed E-state index contributed by atoms with van der Waals surface area (Å²) < 4.78 is 10.7. The number of carbonyl (C=O) groups excluding carboxylic acids is 1. The van der Waals surface area contributed by atoms with Crippen molar-refractivity contribution in [2.45, 2.75) is 26.8 Å². The average Bonchev–Trinajstić information content (AvgIpc) is 3.30. The lowest BCUT2D eigenvalue weighted by atomic mass is 10.0. The van der Waals surface area contributed by atoms with Gasteiger partial charge < -0.3 is 14.8 Å². The SMILES string of the molecule is COc1cc(C)c(C(C)NC(=O)c2sc(-c3cccs3)nc2C)cc1OC. The fraction of sp³-hybridized carbons (Fsp3) is 0.300. The minimum absolute atomic E-state index is 0.116. The Morgan fingerprint density at radius 3 is 2.52 bits per heavy atom. The molecule has 0 fully saturated rings. The lowest BCUT2D eigenvalue weighted by Crippen LogP contribution is -2.27. The van der Waals surface area contributed by atoms with E-state index in [1.165, 1.54) is 11.3 Å². The zero-order chi connectivity index (χ0) is 19.6. The van der Waals surface area contributed by atoms with Gasteiger partial charge in [-0.25, -0.2) is 4.98 Å². The van der Waals surface area contributed by atoms with Crippen LogP contribution in [-0.4, -0.2) is 25.1 Å². The molecule has 0 aliphatic heterocycles. The van der Waals surface area contributed by atoms with E-state index < -0.39 is 0 Å². The van der Waals surface area contributed by atoms with E-state index in [0.29, 0.717) is 16.4 Å². The average molecular weight is 403 g/mol. The molecule has 3 aromatic rings. The molecule has 27 heavy (non-hydrogen) atoms. The van der Waals surface area contributed by atoms with Gasteiger partial charge in [0.1, 0.15) is 9.88 Å². The van der Waals surface area contributed by atoms with Crippen LogP contribution in [0.5, 0.6) is 11.5 Å². The Labute approximate surface area is 167 Å². The van der Waals surface area contributed by atoms with Crippen LogP contribution in [-0.2, 0) is 0 Å². The number of benzene rings is 1. The van der Waals surface area contributed by atoms with Gasteiger partial charge in [-0.2, -0.15) is 0 Å². The van der Waals surface area contributed by atoms with Gasteiger partial charge in [0.2, 0.25) is 0 Å². The molecule has 1 unspecified atom stereocenters. The van der Waals surface area contributed by atoms with E-state index in [2.05, 4.69) is 10.3 Å². The zero-order valence-electron chi connectivity index (χ0n) is 16.0. The summed E-state index contributed by atoms with van der Waals surface area (Å²) in [7, 11) is 3.22. The molecule has 2 aromatic heterocycles. The number of aryl methyl sites for hydroxylation is 2. The molecule has 0 aliphatic carbocycles. The van der Waals surface area contributed by atoms with Crippen molar-refractivity contribution in [2.24, 2.45) is 0 Å². The first-order valence-corrected chi connectivity index (χ1v) is 10.2. The van der Waals surface area contributed by atoms with E-state index in [9.17, 15) is 4.79 Å². The number of thiophene rings is 1. The van der Waals surface area contributed by atoms with Crippen molar-refractivity contribution in [3.63, 3.8) is 0 Å². The number of hydrogen-bond acceptors (Lipinski definition) is 6. The maximum Gasteiger partial charge on any atom is 0.263 e. The Kier molecular flexibility index (Phi) is 5.82. The van der Waals surface area contributed by atoms with Crippen LogP contribution in [0.4, 0.5) is 0 Å². The van der Waals surface area contributed by atoms with Gasteiger partial charge in [0.05, 0.1) is 30.8 Å². The van der Waals surface area contributed by atoms with Gasteiger partial charge in [0.15, 0.2) is 11.5 Å². The highest BCUT2D eigenvalue weighted by Gasteiger charge is 2.20. The minimum Gasteiger partial charge on any atom is -0.493 e. The van der Waals surface area contributed by atoms with Gasteiger partial charge in [0.25, 0.3) is 5.91 Å². The third kappa shape index (κ3) is 3.99. The molecule has 2 heterocycles. The van der Waals surface area contributed by atoms with Gasteiger partial charge in [-0.15, -0.1) is 22.7 Å². The number of aromatic nitrogens is 1. The summed E-state index contributed by atoms with van der Waals surface area (Å²) in [5.74, 6) is 1.21. The molecule has 0 saturated heterocycles. The Hall–Kier alpha value is -2.38. The first-order chi connectivity index (χ1) is 12.9. The van der Waals surface area contributed by atoms with E-state index in [-0.39, 0.29) is 11.9 Å². The third-order valence-corrected chi connectivity index (χ3v) is 6.52. The Morgan fingerprint density at radius 2 is 1.89 bits per heavy atom. The van der Waals surface area contributed by atoms with Crippen molar-refractivity contribution in [1.29, 1.82) is 0 Å². The molecule has 0 saturated carbocycles. The number of nitrogens with one attached hydrogen (secondary N) is 1. The molecule has 0 bridgehead atoms. The summed E-state index contributed by atoms with van der Waals surface area (Å²) in [6.45, 7) is 5.82. The largest absolute Gasteiger partial charge is 0.493 e. The van der Waals surface area contributed by atoms with Crippen LogP contribution in [0.15, 0.2) is 29.6 Å². The van der Waals surface area contributed by atoms with Crippen molar-refractivity contribution < 1.29 is 14.3 Å². The molecule has 142 valence electrons. The molecule has 1 atom stereocenters. The molecular weight excluding hydrogens is 380 g/mol. The fourth-order valence-electron chi connectivity index (χ4n) is 2.92. The molecule has 1 N–H and O–H groups in total. The van der Waals surface area contributed by atoms with Crippen LogP contribution in [0.3, 0.4) is 0 Å². The molecular formula is C20H22N2O3S2. The fourth-order valence-corrected chi connectivity index (χ4v) is 4.68. The summed E-state index contributed by atoms with van der Waals surface area (Å²) in [5.41, 5.74) is 2.76. The summed E-state index contributed by atoms with van der Waals surface area (Å²) in [6, 6.07) is 7.65. The maximum atomic E-state index is 12.8. The first-order valence-electron chi connectivity index (χ1n) is 8.49. The first kappa shape index (κ1) is 19.4. The van der Waals surface area contributed by atoms with Crippen LogP contribution in [0, 0.1) is 13.8 Å². The second-order valence-corrected chi connectivity index (χ2v) is 8.12. The summed E-state index contributed by atoms with van der Waals surface area (Å²) in [6.07, 6.45) is 0. The number of ether oxygens (including phenoxy) is 2. The van der Waals surface area contributed by atoms with Gasteiger partial charge >= 0.3 is 0 Å². The standard InChI is InChI=1S/C20H22N2O3S2/c1-11-9-15(24-4)16(25-5)10-14(11)12(2)21-19(23)18-13(3)22-20(27-18)17-7-6-8-26-17/h6-10,12H,1-5H3,(H,21,23). The van der Waals surface area contributed by atoms with Crippen molar-refractivity contribution >= 4 is 28.6 Å². The molecule has 0 radical (unpaired) electrons. The second-order valence-electron chi connectivity index (χ2n) is 6.17. The van der Waals surface area contributed by atoms with Gasteiger partial charge in [-0.3, -0.25) is 4.79 Å². The smallest absolute Gasteiger partial charge is 0.263 e. The molecule has 5 nitrogen and oxygen atoms in total. The number of hydrogen-bond donors (Lipinski definition) is 1. The van der Waals surface area contributed by atoms with Crippen LogP contribution in [0.1, 0.15) is 39.5 Å². The van der Waals surface area contributed by atoms with Gasteiger partial charge in [0, 0.05) is 0 Å². The molecule has 7 heteroatoms. The van der Waals surface area contributed by atoms with E-state index in [1.54, 1.807) is 25.6 Å². The van der Waals surface area contributed by atoms with E-state index >= 15 is 0 Å². The normalized spacial score (nSPS) is 11.9. The Balaban J connectivity index is 1.82. The number of nitrogens with zero attached hydrogens (tertiary/aromatic N) is 1. The van der Waals surface area contributed by atoms with Gasteiger partial charge in [-0.05, 0) is 55.5 Å². The van der Waals surface area contributed by atoms with Crippen molar-refractivity contribution in [2.75, 3.05) is 14.2 Å². The number of rotatable bonds is 6. The summed E-state index contributed by atoms with van der Waals surface area (Å²) >= 11 is 3.04. The highest BCUT2D eigenvalue weighted by molar-refractivity contribution is 7.22. The monoisotopic (exact) mass is 402 g/mol. The lowest BCUT2D eigenvalue weighted by molar-refractivity contribution is 0.0943. The lowest BCUT2D eigenvalue weighted by Gasteiger charge is -2.19. The van der Waals surface area contributed by atoms with E-state index in [1.807, 2.05) is 50.4 Å². The predicted molar refractivity (Wildman–Crippen MR) is 110 cm³/mol. The van der Waals surface area contributed by atoms with E-state index in [4.69, 9.17) is 9.47 Å². The number of thiazole rings is 1. The molecule has 1 aromatic carbocycles. The van der Waals surface area contributed by atoms with Crippen LogP contribution in [0.25, 0.3) is 9.88 Å². The Morgan fingerprint density at radius 1 is 1.19 bits per heavy atom. The minimum atomic E-state index is -0.177. The highest BCUT2D eigenvalue weighted by atomic mass is 32.1. The number of methoxy groups -OCH3 is 2. The number of amides is 1. The highest BCUT2D eigenvalue weighted by Crippen LogP contribution is 2.34. The molecule has 3 rings (SSSR count). The van der Waals surface area contributed by atoms with Crippen LogP contribution >= 0.6 is 22.7 Å². The number of carbonyl (C=O) groups is 1. The Bertz CT molecular complexity index is 949. The zero-order valence-corrected chi connectivity index (χ0v) is 17.6. The van der Waals surface area contributed by atoms with Crippen LogP contribution in [0.2, 0.25) is 0 Å². The summed E-state index contributed by atoms with van der Waals surface area (Å²) in [4.78, 5) is 19.1. The maximum absolute atomic E-state index is 12.8. The quantitative estimate of drug-likeness (QED) is 0.630. The van der Waals surface area contributed by atoms with Gasteiger partial charge in [-0.1, -0.05) is 6.07 Å². The van der Waals surface area contributed by atoms with Crippen molar-refractivity contribution in [1.82, 2.24) is 10.3 Å². The van der Waals surface area contributed by atoms with Crippen molar-refractivity contribution in [3.8, 4) is 21.4 Å². The second kappa shape index (κ2) is 8.10. The van der Waals surface area contributed by atoms with Crippen LogP contribution < -0.4 is 14.8 Å². The molecule has 0 spiro atoms. The summed E-state index contributed by atoms with van der Waals surface area (Å²) in [5, 5.41) is 5.97. The van der Waals surface area contributed by atoms with E-state index in [0.717, 1.165) is 26.7 Å². The molecule has 1 amide bonds. The predicted octanol–water partition coefficient (Wildman–Crippen LogP) is 5.00. The molecule has 0 aliphatic rings.